The summed E-state index contributed by atoms with van der Waals surface area (Å²) in [7, 11) is 1.48. The fourth-order valence-corrected chi connectivity index (χ4v) is 7.48. The van der Waals surface area contributed by atoms with Crippen LogP contribution in [-0.2, 0) is 31.1 Å². The van der Waals surface area contributed by atoms with Crippen molar-refractivity contribution in [2.75, 3.05) is 7.11 Å². The Bertz CT molecular complexity index is 1250. The van der Waals surface area contributed by atoms with Crippen molar-refractivity contribution in [1.82, 2.24) is 5.48 Å². The minimum atomic E-state index is -2.55. The van der Waals surface area contributed by atoms with Crippen molar-refractivity contribution in [3.05, 3.63) is 28.3 Å². The Morgan fingerprint density at radius 3 is 2.34 bits per heavy atom. The first-order valence-corrected chi connectivity index (χ1v) is 12.8. The highest BCUT2D eigenvalue weighted by Crippen LogP contribution is 2.63. The van der Waals surface area contributed by atoms with Crippen molar-refractivity contribution in [2.45, 2.75) is 84.0 Å². The van der Waals surface area contributed by atoms with Crippen LogP contribution in [0.2, 0.25) is 0 Å². The highest BCUT2D eigenvalue weighted by atomic mass is 16.6. The first-order chi connectivity index (χ1) is 17.4. The Balaban J connectivity index is 1.97. The van der Waals surface area contributed by atoms with Gasteiger partial charge in [-0.2, -0.15) is 5.48 Å². The van der Waals surface area contributed by atoms with Crippen LogP contribution >= 0.6 is 0 Å². The van der Waals surface area contributed by atoms with Crippen LogP contribution < -0.4 is 11.2 Å². The Labute approximate surface area is 221 Å². The zero-order valence-corrected chi connectivity index (χ0v) is 23.0. The summed E-state index contributed by atoms with van der Waals surface area (Å²) in [5.41, 5.74) is 4.57. The van der Waals surface area contributed by atoms with Crippen LogP contribution in [0.5, 0.6) is 5.75 Å². The minimum Gasteiger partial charge on any atom is -0.507 e. The first kappa shape index (κ1) is 28.4. The summed E-state index contributed by atoms with van der Waals surface area (Å²) in [6.45, 7) is 10.9. The number of fused-ring (bicyclic) bond motifs is 3. The maximum Gasteiger partial charge on any atom is 0.235 e. The lowest BCUT2D eigenvalue weighted by Gasteiger charge is -2.62. The summed E-state index contributed by atoms with van der Waals surface area (Å²) in [5, 5.41) is 34.9. The molecule has 3 aliphatic carbocycles. The Hall–Kier alpha value is -2.66. The van der Waals surface area contributed by atoms with Crippen molar-refractivity contribution >= 4 is 23.3 Å². The number of carbonyl (C=O) groups is 4. The molecule has 0 aromatic heterocycles. The van der Waals surface area contributed by atoms with E-state index >= 15 is 0 Å². The largest absolute Gasteiger partial charge is 0.507 e. The fraction of sp³-hybridized carbons (Fsp3) is 0.643. The molecule has 0 heterocycles. The standard InChI is InChI=1S/C28H38N2O8/c1-12(30-38-7)13-8-15(25(2,3)4)20(32)17-14(13)9-26(5)11-27(6)10-16(31)18(24(29)36)22(34)28(27,37)23(35)19(26)21(17)33/h8,12,18-19,23,30,32,35,37H,9-11H2,1-7H3,(H2,29,36)/t12?,18?,19?,23?,26-,27+,28+/m0/s1. The summed E-state index contributed by atoms with van der Waals surface area (Å²) < 4.78 is 0. The van der Waals surface area contributed by atoms with Gasteiger partial charge < -0.3 is 25.9 Å². The molecule has 4 rings (SSSR count). The number of hydroxylamine groups is 1. The number of aromatic hydroxyl groups is 1. The van der Waals surface area contributed by atoms with Crippen LogP contribution in [0.15, 0.2) is 6.07 Å². The zero-order chi connectivity index (χ0) is 28.7. The molecule has 4 unspecified atom stereocenters. The molecule has 0 saturated heterocycles. The van der Waals surface area contributed by atoms with Gasteiger partial charge in [0.05, 0.1) is 24.6 Å². The predicted octanol–water partition coefficient (Wildman–Crippen LogP) is 1.41. The van der Waals surface area contributed by atoms with Gasteiger partial charge in [0.25, 0.3) is 0 Å². The zero-order valence-electron chi connectivity index (χ0n) is 23.0. The Morgan fingerprint density at radius 1 is 1.21 bits per heavy atom. The van der Waals surface area contributed by atoms with Crippen molar-refractivity contribution in [3.63, 3.8) is 0 Å². The Kier molecular flexibility index (Phi) is 6.47. The molecule has 208 valence electrons. The third-order valence-electron chi connectivity index (χ3n) is 9.14. The lowest BCUT2D eigenvalue weighted by Crippen LogP contribution is -2.75. The van der Waals surface area contributed by atoms with E-state index in [0.29, 0.717) is 11.1 Å². The average molecular weight is 531 g/mol. The van der Waals surface area contributed by atoms with E-state index in [4.69, 9.17) is 10.6 Å². The van der Waals surface area contributed by atoms with Crippen LogP contribution in [0.25, 0.3) is 0 Å². The molecule has 38 heavy (non-hydrogen) atoms. The first-order valence-electron chi connectivity index (χ1n) is 12.8. The molecule has 3 aliphatic rings. The van der Waals surface area contributed by atoms with Crippen LogP contribution in [0.3, 0.4) is 0 Å². The lowest BCUT2D eigenvalue weighted by molar-refractivity contribution is -0.229. The van der Waals surface area contributed by atoms with Gasteiger partial charge in [0.15, 0.2) is 28.9 Å². The maximum absolute atomic E-state index is 14.3. The number of amides is 1. The Morgan fingerprint density at radius 2 is 1.82 bits per heavy atom. The van der Waals surface area contributed by atoms with Gasteiger partial charge in [0.2, 0.25) is 5.91 Å². The van der Waals surface area contributed by atoms with Crippen molar-refractivity contribution in [2.24, 2.45) is 28.4 Å². The van der Waals surface area contributed by atoms with Crippen LogP contribution in [0.1, 0.15) is 87.5 Å². The van der Waals surface area contributed by atoms with E-state index in [1.54, 1.807) is 6.92 Å². The molecule has 10 heteroatoms. The molecule has 0 bridgehead atoms. The molecule has 1 aromatic rings. The van der Waals surface area contributed by atoms with E-state index in [9.17, 15) is 34.5 Å². The fourth-order valence-electron chi connectivity index (χ4n) is 7.48. The van der Waals surface area contributed by atoms with Gasteiger partial charge in [-0.25, -0.2) is 0 Å². The number of phenolic OH excluding ortho intramolecular Hbond substituents is 1. The van der Waals surface area contributed by atoms with Gasteiger partial charge in [-0.1, -0.05) is 34.6 Å². The van der Waals surface area contributed by atoms with E-state index in [1.165, 1.54) is 14.0 Å². The van der Waals surface area contributed by atoms with E-state index in [-0.39, 0.29) is 36.6 Å². The molecule has 10 nitrogen and oxygen atoms in total. The van der Waals surface area contributed by atoms with Crippen molar-refractivity contribution < 1.29 is 39.3 Å². The summed E-state index contributed by atoms with van der Waals surface area (Å²) in [6.07, 6.45) is -2.01. The van der Waals surface area contributed by atoms with Crippen LogP contribution in [0, 0.1) is 22.7 Å². The average Bonchev–Trinajstić information content (AvgIpc) is 2.75. The number of carbonyl (C=O) groups excluding carboxylic acids is 4. The van der Waals surface area contributed by atoms with E-state index in [2.05, 4.69) is 5.48 Å². The quantitative estimate of drug-likeness (QED) is 0.284. The summed E-state index contributed by atoms with van der Waals surface area (Å²) in [6, 6.07) is 1.49. The molecular weight excluding hydrogens is 492 g/mol. The number of ketones is 3. The van der Waals surface area contributed by atoms with Gasteiger partial charge in [0, 0.05) is 17.4 Å². The summed E-state index contributed by atoms with van der Waals surface area (Å²) >= 11 is 0. The number of hydrogen-bond donors (Lipinski definition) is 5. The molecule has 0 spiro atoms. The molecule has 7 atom stereocenters. The molecule has 2 fully saturated rings. The smallest absolute Gasteiger partial charge is 0.235 e. The van der Waals surface area contributed by atoms with Crippen LogP contribution in [0.4, 0.5) is 0 Å². The van der Waals surface area contributed by atoms with E-state index in [0.717, 1.165) is 5.56 Å². The second-order valence-electron chi connectivity index (χ2n) is 13.0. The van der Waals surface area contributed by atoms with Crippen molar-refractivity contribution in [1.29, 1.82) is 0 Å². The number of rotatable bonds is 4. The predicted molar refractivity (Wildman–Crippen MR) is 136 cm³/mol. The van der Waals surface area contributed by atoms with Crippen LogP contribution in [-0.4, -0.2) is 57.4 Å². The van der Waals surface area contributed by atoms with Gasteiger partial charge >= 0.3 is 0 Å². The molecule has 6 N–H and O–H groups in total. The third-order valence-corrected chi connectivity index (χ3v) is 9.14. The van der Waals surface area contributed by atoms with Gasteiger partial charge in [0.1, 0.15) is 11.9 Å². The summed E-state index contributed by atoms with van der Waals surface area (Å²) in [5.74, 6) is -7.08. The summed E-state index contributed by atoms with van der Waals surface area (Å²) in [4.78, 5) is 57.7. The highest BCUT2D eigenvalue weighted by Gasteiger charge is 2.73. The van der Waals surface area contributed by atoms with E-state index in [1.807, 2.05) is 33.8 Å². The third kappa shape index (κ3) is 3.68. The normalized spacial score (nSPS) is 35.8. The minimum absolute atomic E-state index is 0.0386. The van der Waals surface area contributed by atoms with E-state index < -0.39 is 63.0 Å². The molecular formula is C28H38N2O8. The number of nitrogens with one attached hydrogen (secondary N) is 1. The topological polar surface area (TPSA) is 176 Å². The number of nitrogens with two attached hydrogens (primary N) is 1. The molecule has 2 saturated carbocycles. The van der Waals surface area contributed by atoms with Gasteiger partial charge in [-0.3, -0.25) is 19.2 Å². The number of Topliss-reactive ketones (excluding diaryl/α,β-unsaturated/α-hetero) is 3. The molecule has 0 radical (unpaired) electrons. The monoisotopic (exact) mass is 530 g/mol. The number of phenols is 1. The lowest BCUT2D eigenvalue weighted by atomic mass is 9.42. The molecule has 1 amide bonds. The number of aliphatic hydroxyl groups excluding tert-OH is 1. The highest BCUT2D eigenvalue weighted by molar-refractivity contribution is 6.23. The number of aliphatic hydroxyl groups is 2. The maximum atomic E-state index is 14.3. The second kappa shape index (κ2) is 8.67. The number of benzene rings is 1. The van der Waals surface area contributed by atoms with Crippen molar-refractivity contribution in [3.8, 4) is 5.75 Å². The van der Waals surface area contributed by atoms with Gasteiger partial charge in [-0.15, -0.1) is 0 Å². The SMILES string of the molecule is CONC(C)c1cc(C(C)(C)C)c(O)c2c1C[C@@]1(C)C[C@@]3(C)CC(=O)C(C(N)=O)C(=O)[C@@]3(O)C(O)C1C2=O. The van der Waals surface area contributed by atoms with Gasteiger partial charge in [-0.05, 0) is 47.8 Å². The molecule has 0 aliphatic heterocycles. The molecule has 1 aromatic carbocycles. The second-order valence-corrected chi connectivity index (χ2v) is 13.0. The number of hydrogen-bond acceptors (Lipinski definition) is 9. The number of primary amides is 1.